The van der Waals surface area contributed by atoms with Gasteiger partial charge in [0.05, 0.1) is 13.0 Å². The molecule has 0 heterocycles. The predicted octanol–water partition coefficient (Wildman–Crippen LogP) is 3.17. The molecule has 2 aromatic carbocycles. The number of amides is 1. The van der Waals surface area contributed by atoms with E-state index in [1.807, 2.05) is 19.1 Å². The molecule has 0 atom stereocenters. The average Bonchev–Trinajstić information content (AvgIpc) is 2.66. The molecule has 0 saturated heterocycles. The second kappa shape index (κ2) is 13.1. The predicted molar refractivity (Wildman–Crippen MR) is 123 cm³/mol. The van der Waals surface area contributed by atoms with Crippen LogP contribution in [0.25, 0.3) is 0 Å². The van der Waals surface area contributed by atoms with Crippen LogP contribution < -0.4 is 16.0 Å². The molecule has 0 aliphatic carbocycles. The number of nitrogens with one attached hydrogen (secondary N) is 3. The Morgan fingerprint density at radius 1 is 1.00 bits per heavy atom. The van der Waals surface area contributed by atoms with Crippen LogP contribution in [-0.2, 0) is 17.8 Å². The zero-order chi connectivity index (χ0) is 19.5. The maximum atomic E-state index is 12.9. The van der Waals surface area contributed by atoms with E-state index in [1.54, 1.807) is 12.1 Å². The van der Waals surface area contributed by atoms with Crippen LogP contribution in [0.15, 0.2) is 53.5 Å². The van der Waals surface area contributed by atoms with Crippen molar-refractivity contribution in [2.75, 3.05) is 19.6 Å². The Hall–Kier alpha value is -2.16. The van der Waals surface area contributed by atoms with Crippen LogP contribution in [0.1, 0.15) is 23.6 Å². The number of aliphatic imine (C=N–C) groups is 1. The van der Waals surface area contributed by atoms with Crippen LogP contribution in [0.3, 0.4) is 0 Å². The van der Waals surface area contributed by atoms with E-state index in [4.69, 9.17) is 0 Å². The van der Waals surface area contributed by atoms with Crippen molar-refractivity contribution in [3.05, 3.63) is 71.0 Å². The number of hydrogen-bond donors (Lipinski definition) is 3. The summed E-state index contributed by atoms with van der Waals surface area (Å²) in [6.45, 7) is 6.48. The molecule has 3 N–H and O–H groups in total. The number of hydrogen-bond acceptors (Lipinski definition) is 2. The van der Waals surface area contributed by atoms with Gasteiger partial charge in [-0.3, -0.25) is 4.79 Å². The van der Waals surface area contributed by atoms with Crippen molar-refractivity contribution in [1.29, 1.82) is 0 Å². The monoisotopic (exact) mass is 498 g/mol. The third kappa shape index (κ3) is 8.69. The van der Waals surface area contributed by atoms with Gasteiger partial charge in [0, 0.05) is 19.6 Å². The fourth-order valence-electron chi connectivity index (χ4n) is 2.53. The summed E-state index contributed by atoms with van der Waals surface area (Å²) in [5.41, 5.74) is 3.18. The Kier molecular flexibility index (Phi) is 11.2. The normalized spacial score (nSPS) is 10.8. The minimum absolute atomic E-state index is 0. The molecule has 28 heavy (non-hydrogen) atoms. The first kappa shape index (κ1) is 23.9. The van der Waals surface area contributed by atoms with Crippen molar-refractivity contribution in [3.8, 4) is 0 Å². The molecule has 0 fully saturated rings. The number of guanidine groups is 1. The van der Waals surface area contributed by atoms with Crippen molar-refractivity contribution in [2.45, 2.75) is 26.8 Å². The number of halogens is 2. The molecule has 0 aromatic heterocycles. The van der Waals surface area contributed by atoms with Crippen LogP contribution >= 0.6 is 24.0 Å². The third-order valence-corrected chi connectivity index (χ3v) is 4.03. The summed E-state index contributed by atoms with van der Waals surface area (Å²) in [6, 6.07) is 14.1. The molecule has 0 spiro atoms. The van der Waals surface area contributed by atoms with E-state index < -0.39 is 0 Å². The highest BCUT2D eigenvalue weighted by Gasteiger charge is 2.04. The molecular formula is C21H28FIN4O. The Morgan fingerprint density at radius 2 is 1.68 bits per heavy atom. The number of aryl methyl sites for hydroxylation is 1. The van der Waals surface area contributed by atoms with Gasteiger partial charge in [-0.2, -0.15) is 0 Å². The number of carbonyl (C=O) groups is 1. The minimum Gasteiger partial charge on any atom is -0.357 e. The average molecular weight is 498 g/mol. The van der Waals surface area contributed by atoms with Gasteiger partial charge in [-0.05, 0) is 42.7 Å². The zero-order valence-corrected chi connectivity index (χ0v) is 18.6. The van der Waals surface area contributed by atoms with E-state index in [2.05, 4.69) is 40.0 Å². The Bertz CT molecular complexity index is 765. The van der Waals surface area contributed by atoms with Crippen molar-refractivity contribution in [3.63, 3.8) is 0 Å². The second-order valence-corrected chi connectivity index (χ2v) is 6.20. The van der Waals surface area contributed by atoms with Crippen molar-refractivity contribution >= 4 is 35.8 Å². The highest BCUT2D eigenvalue weighted by Crippen LogP contribution is 2.07. The van der Waals surface area contributed by atoms with Gasteiger partial charge in [0.2, 0.25) is 5.91 Å². The zero-order valence-electron chi connectivity index (χ0n) is 16.3. The highest BCUT2D eigenvalue weighted by molar-refractivity contribution is 14.0. The van der Waals surface area contributed by atoms with E-state index >= 15 is 0 Å². The van der Waals surface area contributed by atoms with Gasteiger partial charge in [-0.25, -0.2) is 9.38 Å². The summed E-state index contributed by atoms with van der Waals surface area (Å²) in [4.78, 5) is 16.5. The SMILES string of the molecule is CCNC(=NCc1ccccc1C)NCCNC(=O)Cc1ccc(F)cc1.I. The van der Waals surface area contributed by atoms with Gasteiger partial charge in [0.15, 0.2) is 5.96 Å². The molecule has 0 radical (unpaired) electrons. The maximum Gasteiger partial charge on any atom is 0.224 e. The van der Waals surface area contributed by atoms with E-state index in [1.165, 1.54) is 23.3 Å². The van der Waals surface area contributed by atoms with Crippen LogP contribution in [0.4, 0.5) is 4.39 Å². The van der Waals surface area contributed by atoms with Crippen molar-refractivity contribution in [1.82, 2.24) is 16.0 Å². The number of nitrogens with zero attached hydrogens (tertiary/aromatic N) is 1. The molecule has 0 aliphatic heterocycles. The van der Waals surface area contributed by atoms with Crippen molar-refractivity contribution in [2.24, 2.45) is 4.99 Å². The number of benzene rings is 2. The number of carbonyl (C=O) groups excluding carboxylic acids is 1. The minimum atomic E-state index is -0.302. The van der Waals surface area contributed by atoms with Gasteiger partial charge in [0.1, 0.15) is 5.82 Å². The van der Waals surface area contributed by atoms with Gasteiger partial charge in [-0.1, -0.05) is 36.4 Å². The lowest BCUT2D eigenvalue weighted by Gasteiger charge is -2.12. The molecule has 0 aliphatic rings. The molecule has 2 aromatic rings. The quantitative estimate of drug-likeness (QED) is 0.227. The molecule has 5 nitrogen and oxygen atoms in total. The highest BCUT2D eigenvalue weighted by atomic mass is 127. The molecule has 7 heteroatoms. The van der Waals surface area contributed by atoms with Crippen LogP contribution in [0.5, 0.6) is 0 Å². The summed E-state index contributed by atoms with van der Waals surface area (Å²) in [5.74, 6) is 0.322. The van der Waals surface area contributed by atoms with E-state index in [9.17, 15) is 9.18 Å². The number of rotatable bonds is 8. The van der Waals surface area contributed by atoms with Crippen LogP contribution in [0.2, 0.25) is 0 Å². The standard InChI is InChI=1S/C21H27FN4O.HI/c1-3-23-21(26-15-18-7-5-4-6-16(18)2)25-13-12-24-20(27)14-17-8-10-19(22)11-9-17;/h4-11H,3,12-15H2,1-2H3,(H,24,27)(H2,23,25,26);1H. The lowest BCUT2D eigenvalue weighted by atomic mass is 10.1. The summed E-state index contributed by atoms with van der Waals surface area (Å²) < 4.78 is 12.9. The third-order valence-electron chi connectivity index (χ3n) is 4.03. The Balaban J connectivity index is 0.00000392. The summed E-state index contributed by atoms with van der Waals surface area (Å²) in [5, 5.41) is 9.26. The van der Waals surface area contributed by atoms with Crippen molar-refractivity contribution < 1.29 is 9.18 Å². The molecule has 0 bridgehead atoms. The van der Waals surface area contributed by atoms with Gasteiger partial charge in [0.25, 0.3) is 0 Å². The summed E-state index contributed by atoms with van der Waals surface area (Å²) in [6.07, 6.45) is 0.238. The van der Waals surface area contributed by atoms with E-state index in [-0.39, 0.29) is 42.1 Å². The molecule has 0 saturated carbocycles. The molecule has 2 rings (SSSR count). The largest absolute Gasteiger partial charge is 0.357 e. The topological polar surface area (TPSA) is 65.5 Å². The Labute approximate surface area is 183 Å². The summed E-state index contributed by atoms with van der Waals surface area (Å²) in [7, 11) is 0. The first-order valence-electron chi connectivity index (χ1n) is 9.16. The van der Waals surface area contributed by atoms with Crippen LogP contribution in [0, 0.1) is 12.7 Å². The molecule has 152 valence electrons. The lowest BCUT2D eigenvalue weighted by molar-refractivity contribution is -0.120. The first-order chi connectivity index (χ1) is 13.1. The summed E-state index contributed by atoms with van der Waals surface area (Å²) >= 11 is 0. The maximum absolute atomic E-state index is 12.9. The van der Waals surface area contributed by atoms with Gasteiger partial charge in [-0.15, -0.1) is 24.0 Å². The van der Waals surface area contributed by atoms with Gasteiger partial charge >= 0.3 is 0 Å². The smallest absolute Gasteiger partial charge is 0.224 e. The van der Waals surface area contributed by atoms with Gasteiger partial charge < -0.3 is 16.0 Å². The first-order valence-corrected chi connectivity index (χ1v) is 9.16. The Morgan fingerprint density at radius 3 is 2.36 bits per heavy atom. The molecule has 1 amide bonds. The van der Waals surface area contributed by atoms with Crippen LogP contribution in [-0.4, -0.2) is 31.5 Å². The fraction of sp³-hybridized carbons (Fsp3) is 0.333. The molecular weight excluding hydrogens is 470 g/mol. The fourth-order valence-corrected chi connectivity index (χ4v) is 2.53. The second-order valence-electron chi connectivity index (χ2n) is 6.20. The van der Waals surface area contributed by atoms with E-state index in [0.717, 1.165) is 12.1 Å². The lowest BCUT2D eigenvalue weighted by Crippen LogP contribution is -2.41. The van der Waals surface area contributed by atoms with E-state index in [0.29, 0.717) is 25.6 Å². The molecule has 0 unspecified atom stereocenters.